The smallest absolute Gasteiger partial charge is 0.223 e. The lowest BCUT2D eigenvalue weighted by Gasteiger charge is -2.28. The number of carbonyl (C=O) groups excluding carboxylic acids is 1. The highest BCUT2D eigenvalue weighted by molar-refractivity contribution is 5.77. The number of nitrogens with one attached hydrogen (secondary N) is 1. The summed E-state index contributed by atoms with van der Waals surface area (Å²) in [5.41, 5.74) is 2.66. The highest BCUT2D eigenvalue weighted by atomic mass is 16.2. The maximum Gasteiger partial charge on any atom is 0.223 e. The third kappa shape index (κ3) is 4.07. The van der Waals surface area contributed by atoms with Crippen molar-refractivity contribution in [3.8, 4) is 0 Å². The summed E-state index contributed by atoms with van der Waals surface area (Å²) in [5, 5.41) is 3.28. The van der Waals surface area contributed by atoms with E-state index in [9.17, 15) is 4.79 Å². The number of carbonyl (C=O) groups is 1. The van der Waals surface area contributed by atoms with Crippen molar-refractivity contribution in [2.75, 3.05) is 26.2 Å². The zero-order valence-electron chi connectivity index (χ0n) is 12.7. The molecule has 0 spiro atoms. The van der Waals surface area contributed by atoms with Gasteiger partial charge in [0.15, 0.2) is 0 Å². The fraction of sp³-hybridized carbons (Fsp3) is 0.588. The molecule has 1 heterocycles. The molecule has 0 aliphatic carbocycles. The van der Waals surface area contributed by atoms with E-state index in [1.165, 1.54) is 17.5 Å². The zero-order valence-corrected chi connectivity index (χ0v) is 12.7. The Balaban J connectivity index is 1.89. The van der Waals surface area contributed by atoms with Crippen LogP contribution in [0, 0.1) is 0 Å². The van der Waals surface area contributed by atoms with Gasteiger partial charge in [0, 0.05) is 32.6 Å². The van der Waals surface area contributed by atoms with Crippen molar-refractivity contribution in [3.63, 3.8) is 0 Å². The number of benzene rings is 1. The van der Waals surface area contributed by atoms with Crippen molar-refractivity contribution in [2.24, 2.45) is 0 Å². The van der Waals surface area contributed by atoms with Crippen LogP contribution in [0.3, 0.4) is 0 Å². The van der Waals surface area contributed by atoms with E-state index in [1.54, 1.807) is 0 Å². The number of piperazine rings is 1. The van der Waals surface area contributed by atoms with E-state index in [0.717, 1.165) is 32.6 Å². The van der Waals surface area contributed by atoms with Crippen LogP contribution in [0.5, 0.6) is 0 Å². The van der Waals surface area contributed by atoms with Gasteiger partial charge in [0.25, 0.3) is 0 Å². The molecule has 0 aromatic heterocycles. The van der Waals surface area contributed by atoms with Gasteiger partial charge in [-0.1, -0.05) is 44.5 Å². The normalized spacial score (nSPS) is 17.0. The molecule has 1 fully saturated rings. The molecule has 1 aromatic carbocycles. The summed E-state index contributed by atoms with van der Waals surface area (Å²) in [7, 11) is 0. The quantitative estimate of drug-likeness (QED) is 0.895. The number of aryl methyl sites for hydroxylation is 1. The molecule has 1 aliphatic heterocycles. The fourth-order valence-electron chi connectivity index (χ4n) is 2.72. The van der Waals surface area contributed by atoms with Crippen LogP contribution >= 0.6 is 0 Å². The van der Waals surface area contributed by atoms with Crippen LogP contribution in [0.1, 0.15) is 43.7 Å². The van der Waals surface area contributed by atoms with E-state index in [2.05, 4.69) is 43.4 Å². The Morgan fingerprint density at radius 2 is 1.90 bits per heavy atom. The average molecular weight is 274 g/mol. The first-order chi connectivity index (χ1) is 9.70. The van der Waals surface area contributed by atoms with Crippen molar-refractivity contribution < 1.29 is 4.79 Å². The highest BCUT2D eigenvalue weighted by Gasteiger charge is 2.19. The van der Waals surface area contributed by atoms with Crippen LogP contribution in [0.4, 0.5) is 0 Å². The Bertz CT molecular complexity index is 421. The molecule has 1 aromatic rings. The van der Waals surface area contributed by atoms with E-state index in [0.29, 0.717) is 12.3 Å². The van der Waals surface area contributed by atoms with Crippen molar-refractivity contribution in [1.82, 2.24) is 10.2 Å². The third-order valence-corrected chi connectivity index (χ3v) is 4.04. The van der Waals surface area contributed by atoms with Crippen LogP contribution in [-0.4, -0.2) is 37.0 Å². The Kier molecular flexibility index (Phi) is 5.60. The molecule has 2 rings (SSSR count). The molecule has 1 aliphatic rings. The molecule has 1 atom stereocenters. The lowest BCUT2D eigenvalue weighted by molar-refractivity contribution is -0.132. The molecule has 1 unspecified atom stereocenters. The summed E-state index contributed by atoms with van der Waals surface area (Å²) >= 11 is 0. The second-order valence-corrected chi connectivity index (χ2v) is 5.73. The van der Waals surface area contributed by atoms with Gasteiger partial charge in [-0.25, -0.2) is 0 Å². The van der Waals surface area contributed by atoms with E-state index in [4.69, 9.17) is 0 Å². The zero-order chi connectivity index (χ0) is 14.4. The van der Waals surface area contributed by atoms with Crippen LogP contribution in [0.15, 0.2) is 24.3 Å². The molecular formula is C17H26N2O. The van der Waals surface area contributed by atoms with Gasteiger partial charge in [-0.3, -0.25) is 4.79 Å². The Labute approximate surface area is 122 Å². The standard InChI is InChI=1S/C17H26N2O/c1-3-4-15-5-7-16(8-6-15)14(2)13-17(20)19-11-9-18-10-12-19/h5-8,14,18H,3-4,9-13H2,1-2H3. The molecular weight excluding hydrogens is 248 g/mol. The summed E-state index contributed by atoms with van der Waals surface area (Å²) < 4.78 is 0. The van der Waals surface area contributed by atoms with Gasteiger partial charge in [-0.15, -0.1) is 0 Å². The van der Waals surface area contributed by atoms with Gasteiger partial charge >= 0.3 is 0 Å². The monoisotopic (exact) mass is 274 g/mol. The predicted molar refractivity (Wildman–Crippen MR) is 82.9 cm³/mol. The molecule has 3 heteroatoms. The van der Waals surface area contributed by atoms with E-state index in [1.807, 2.05) is 4.90 Å². The first kappa shape index (κ1) is 15.0. The number of amides is 1. The second kappa shape index (κ2) is 7.44. The Morgan fingerprint density at radius 3 is 2.50 bits per heavy atom. The first-order valence-electron chi connectivity index (χ1n) is 7.78. The minimum Gasteiger partial charge on any atom is -0.340 e. The largest absolute Gasteiger partial charge is 0.340 e. The van der Waals surface area contributed by atoms with Crippen LogP contribution in [-0.2, 0) is 11.2 Å². The highest BCUT2D eigenvalue weighted by Crippen LogP contribution is 2.21. The molecule has 0 saturated carbocycles. The molecule has 1 saturated heterocycles. The lowest BCUT2D eigenvalue weighted by atomic mass is 9.95. The summed E-state index contributed by atoms with van der Waals surface area (Å²) in [4.78, 5) is 14.2. The van der Waals surface area contributed by atoms with Crippen LogP contribution < -0.4 is 5.32 Å². The van der Waals surface area contributed by atoms with E-state index in [-0.39, 0.29) is 5.91 Å². The third-order valence-electron chi connectivity index (χ3n) is 4.04. The van der Waals surface area contributed by atoms with E-state index < -0.39 is 0 Å². The average Bonchev–Trinajstić information content (AvgIpc) is 2.49. The molecule has 110 valence electrons. The molecule has 1 amide bonds. The molecule has 3 nitrogen and oxygen atoms in total. The Hall–Kier alpha value is -1.35. The van der Waals surface area contributed by atoms with Gasteiger partial charge in [0.05, 0.1) is 0 Å². The van der Waals surface area contributed by atoms with E-state index >= 15 is 0 Å². The minimum atomic E-state index is 0.289. The second-order valence-electron chi connectivity index (χ2n) is 5.73. The number of rotatable bonds is 5. The van der Waals surface area contributed by atoms with Crippen molar-refractivity contribution in [3.05, 3.63) is 35.4 Å². The van der Waals surface area contributed by atoms with Gasteiger partial charge in [-0.2, -0.15) is 0 Å². The van der Waals surface area contributed by atoms with Gasteiger partial charge in [0.2, 0.25) is 5.91 Å². The van der Waals surface area contributed by atoms with Crippen molar-refractivity contribution in [1.29, 1.82) is 0 Å². The fourth-order valence-corrected chi connectivity index (χ4v) is 2.72. The number of hydrogen-bond acceptors (Lipinski definition) is 2. The topological polar surface area (TPSA) is 32.3 Å². The lowest BCUT2D eigenvalue weighted by Crippen LogP contribution is -2.46. The van der Waals surface area contributed by atoms with Crippen LogP contribution in [0.2, 0.25) is 0 Å². The first-order valence-corrected chi connectivity index (χ1v) is 7.78. The summed E-state index contributed by atoms with van der Waals surface area (Å²) in [6.45, 7) is 7.89. The molecule has 20 heavy (non-hydrogen) atoms. The van der Waals surface area contributed by atoms with Gasteiger partial charge in [-0.05, 0) is 23.5 Å². The van der Waals surface area contributed by atoms with Crippen molar-refractivity contribution in [2.45, 2.75) is 39.0 Å². The Morgan fingerprint density at radius 1 is 1.25 bits per heavy atom. The van der Waals surface area contributed by atoms with Crippen molar-refractivity contribution >= 4 is 5.91 Å². The minimum absolute atomic E-state index is 0.289. The number of nitrogens with zero attached hydrogens (tertiary/aromatic N) is 1. The maximum atomic E-state index is 12.2. The summed E-state index contributed by atoms with van der Waals surface area (Å²) in [6, 6.07) is 8.76. The summed E-state index contributed by atoms with van der Waals surface area (Å²) in [5.74, 6) is 0.588. The molecule has 1 N–H and O–H groups in total. The van der Waals surface area contributed by atoms with Gasteiger partial charge in [0.1, 0.15) is 0 Å². The van der Waals surface area contributed by atoms with Crippen LogP contribution in [0.25, 0.3) is 0 Å². The summed E-state index contributed by atoms with van der Waals surface area (Å²) in [6.07, 6.45) is 2.93. The maximum absolute atomic E-state index is 12.2. The number of hydrogen-bond donors (Lipinski definition) is 1. The SMILES string of the molecule is CCCc1ccc(C(C)CC(=O)N2CCNCC2)cc1. The molecule has 0 radical (unpaired) electrons. The predicted octanol–water partition coefficient (Wildman–Crippen LogP) is 2.56. The molecule has 0 bridgehead atoms. The van der Waals surface area contributed by atoms with Gasteiger partial charge < -0.3 is 10.2 Å².